The highest BCUT2D eigenvalue weighted by atomic mass is 19.4. The van der Waals surface area contributed by atoms with Crippen molar-refractivity contribution in [1.82, 2.24) is 19.6 Å². The second-order valence-corrected chi connectivity index (χ2v) is 4.87. The van der Waals surface area contributed by atoms with Gasteiger partial charge in [-0.25, -0.2) is 9.50 Å². The van der Waals surface area contributed by atoms with Crippen LogP contribution in [0.5, 0.6) is 5.75 Å². The molecule has 0 aliphatic carbocycles. The van der Waals surface area contributed by atoms with Gasteiger partial charge in [0.2, 0.25) is 0 Å². The Hall–Kier alpha value is -3.37. The minimum absolute atomic E-state index is 0.252. The third kappa shape index (κ3) is 3.03. The minimum atomic E-state index is -4.66. The number of methoxy groups -OCH3 is 1. The van der Waals surface area contributed by atoms with Crippen LogP contribution in [0.2, 0.25) is 0 Å². The molecule has 8 nitrogen and oxygen atoms in total. The van der Waals surface area contributed by atoms with Gasteiger partial charge in [-0.15, -0.1) is 5.10 Å². The predicted octanol–water partition coefficient (Wildman–Crippen LogP) is 1.99. The average molecular weight is 352 g/mol. The van der Waals surface area contributed by atoms with Gasteiger partial charge in [-0.1, -0.05) is 0 Å². The van der Waals surface area contributed by atoms with Crippen LogP contribution in [0.25, 0.3) is 5.65 Å². The number of ether oxygens (including phenoxy) is 1. The van der Waals surface area contributed by atoms with Gasteiger partial charge in [0.25, 0.3) is 5.91 Å². The third-order valence-electron chi connectivity index (χ3n) is 3.28. The van der Waals surface area contributed by atoms with E-state index in [9.17, 15) is 18.0 Å². The van der Waals surface area contributed by atoms with Crippen LogP contribution < -0.4 is 15.8 Å². The minimum Gasteiger partial charge on any atom is -0.493 e. The summed E-state index contributed by atoms with van der Waals surface area (Å²) in [5.41, 5.74) is 4.21. The zero-order valence-electron chi connectivity index (χ0n) is 12.7. The molecular weight excluding hydrogens is 341 g/mol. The lowest BCUT2D eigenvalue weighted by Crippen LogP contribution is -2.15. The van der Waals surface area contributed by atoms with E-state index in [4.69, 9.17) is 10.5 Å². The first kappa shape index (κ1) is 16.5. The molecule has 0 atom stereocenters. The lowest BCUT2D eigenvalue weighted by Gasteiger charge is -2.09. The number of anilines is 2. The van der Waals surface area contributed by atoms with Crippen LogP contribution in [-0.4, -0.2) is 32.6 Å². The molecular formula is C14H11F3N6O2. The van der Waals surface area contributed by atoms with Crippen LogP contribution in [0.1, 0.15) is 16.1 Å². The van der Waals surface area contributed by atoms with E-state index in [1.807, 2.05) is 0 Å². The second kappa shape index (κ2) is 5.92. The van der Waals surface area contributed by atoms with Crippen LogP contribution in [0.15, 0.2) is 30.7 Å². The van der Waals surface area contributed by atoms with E-state index in [1.54, 1.807) is 0 Å². The Bertz CT molecular complexity index is 953. The fraction of sp³-hybridized carbons (Fsp3) is 0.143. The van der Waals surface area contributed by atoms with Crippen molar-refractivity contribution in [3.8, 4) is 5.75 Å². The number of pyridine rings is 1. The summed E-state index contributed by atoms with van der Waals surface area (Å²) in [6, 6.07) is 2.21. The van der Waals surface area contributed by atoms with Crippen LogP contribution in [0.4, 0.5) is 24.7 Å². The molecule has 25 heavy (non-hydrogen) atoms. The fourth-order valence-corrected chi connectivity index (χ4v) is 2.15. The molecule has 3 heterocycles. The van der Waals surface area contributed by atoms with E-state index in [2.05, 4.69) is 20.4 Å². The molecule has 0 spiro atoms. The maximum Gasteiger partial charge on any atom is 0.433 e. The number of hydrogen-bond acceptors (Lipinski definition) is 6. The lowest BCUT2D eigenvalue weighted by atomic mass is 10.2. The van der Waals surface area contributed by atoms with Crippen molar-refractivity contribution in [2.24, 2.45) is 0 Å². The number of carbonyl (C=O) groups is 1. The van der Waals surface area contributed by atoms with Crippen molar-refractivity contribution >= 4 is 23.1 Å². The molecule has 130 valence electrons. The quantitative estimate of drug-likeness (QED) is 0.746. The predicted molar refractivity (Wildman–Crippen MR) is 81.1 cm³/mol. The molecule has 0 bridgehead atoms. The first-order valence-corrected chi connectivity index (χ1v) is 6.82. The van der Waals surface area contributed by atoms with Crippen molar-refractivity contribution in [3.05, 3.63) is 42.0 Å². The van der Waals surface area contributed by atoms with Gasteiger partial charge < -0.3 is 15.8 Å². The highest BCUT2D eigenvalue weighted by Gasteiger charge is 2.33. The Balaban J connectivity index is 2.05. The zero-order chi connectivity index (χ0) is 18.2. The summed E-state index contributed by atoms with van der Waals surface area (Å²) in [5, 5.41) is 6.30. The summed E-state index contributed by atoms with van der Waals surface area (Å²) >= 11 is 0. The van der Waals surface area contributed by atoms with E-state index in [1.165, 1.54) is 25.6 Å². The van der Waals surface area contributed by atoms with Crippen LogP contribution >= 0.6 is 0 Å². The Kier molecular flexibility index (Phi) is 3.91. The van der Waals surface area contributed by atoms with E-state index in [0.29, 0.717) is 0 Å². The number of carbonyl (C=O) groups excluding carboxylic acids is 1. The first-order valence-electron chi connectivity index (χ1n) is 6.82. The molecule has 3 rings (SSSR count). The molecule has 0 aromatic carbocycles. The van der Waals surface area contributed by atoms with E-state index >= 15 is 0 Å². The van der Waals surface area contributed by atoms with E-state index < -0.39 is 17.8 Å². The van der Waals surface area contributed by atoms with Crippen molar-refractivity contribution in [1.29, 1.82) is 0 Å². The van der Waals surface area contributed by atoms with Gasteiger partial charge in [0.05, 0.1) is 19.0 Å². The Morgan fingerprint density at radius 2 is 2.12 bits per heavy atom. The smallest absolute Gasteiger partial charge is 0.433 e. The zero-order valence-corrected chi connectivity index (χ0v) is 12.7. The second-order valence-electron chi connectivity index (χ2n) is 4.87. The van der Waals surface area contributed by atoms with Crippen molar-refractivity contribution in [3.63, 3.8) is 0 Å². The monoisotopic (exact) mass is 352 g/mol. The van der Waals surface area contributed by atoms with Gasteiger partial charge in [0.15, 0.2) is 17.2 Å². The number of halogens is 3. The first-order chi connectivity index (χ1) is 11.8. The van der Waals surface area contributed by atoms with Crippen LogP contribution in [-0.2, 0) is 6.18 Å². The Labute approximate surface area is 138 Å². The average Bonchev–Trinajstić information content (AvgIpc) is 2.89. The Morgan fingerprint density at radius 1 is 1.36 bits per heavy atom. The number of nitrogens with zero attached hydrogens (tertiary/aromatic N) is 4. The fourth-order valence-electron chi connectivity index (χ4n) is 2.15. The topological polar surface area (TPSA) is 107 Å². The highest BCUT2D eigenvalue weighted by molar-refractivity contribution is 6.12. The summed E-state index contributed by atoms with van der Waals surface area (Å²) in [6.45, 7) is 0. The molecule has 0 unspecified atom stereocenters. The number of alkyl halides is 3. The number of rotatable bonds is 3. The third-order valence-corrected chi connectivity index (χ3v) is 3.28. The molecule has 3 aromatic heterocycles. The number of amides is 1. The summed E-state index contributed by atoms with van der Waals surface area (Å²) in [5.74, 6) is -0.754. The van der Waals surface area contributed by atoms with Crippen LogP contribution in [0, 0.1) is 0 Å². The van der Waals surface area contributed by atoms with Gasteiger partial charge in [-0.05, 0) is 12.1 Å². The van der Waals surface area contributed by atoms with Gasteiger partial charge in [0.1, 0.15) is 11.3 Å². The number of hydrogen-bond donors (Lipinski definition) is 2. The molecule has 0 fully saturated rings. The van der Waals surface area contributed by atoms with Gasteiger partial charge in [-0.2, -0.15) is 13.2 Å². The molecule has 3 aromatic rings. The standard InChI is InChI=1S/C14H11F3N6O2/c1-25-8-6-19-4-2-7(8)20-13(24)10-11(18)22-23-5-3-9(14(15,16)17)21-12(10)23/h2-6H,1H3,(H2,18,22)(H,19,20,24). The molecule has 0 saturated heterocycles. The number of aromatic nitrogens is 4. The normalized spacial score (nSPS) is 11.5. The molecule has 3 N–H and O–H groups in total. The van der Waals surface area contributed by atoms with Gasteiger partial charge in [0, 0.05) is 12.4 Å². The van der Waals surface area contributed by atoms with Gasteiger partial charge >= 0.3 is 6.18 Å². The largest absolute Gasteiger partial charge is 0.493 e. The molecule has 0 saturated carbocycles. The summed E-state index contributed by atoms with van der Waals surface area (Å²) < 4.78 is 44.6. The lowest BCUT2D eigenvalue weighted by molar-refractivity contribution is -0.141. The SMILES string of the molecule is COc1cnccc1NC(=O)c1c(N)nn2ccc(C(F)(F)F)nc12. The number of nitrogens with one attached hydrogen (secondary N) is 1. The maximum atomic E-state index is 12.9. The molecule has 0 aliphatic rings. The summed E-state index contributed by atoms with van der Waals surface area (Å²) in [4.78, 5) is 19.8. The molecule has 11 heteroatoms. The number of nitrogens with two attached hydrogens (primary N) is 1. The highest BCUT2D eigenvalue weighted by Crippen LogP contribution is 2.29. The number of fused-ring (bicyclic) bond motifs is 1. The number of nitrogen functional groups attached to an aromatic ring is 1. The maximum absolute atomic E-state index is 12.9. The summed E-state index contributed by atoms with van der Waals surface area (Å²) in [7, 11) is 1.38. The summed E-state index contributed by atoms with van der Waals surface area (Å²) in [6.07, 6.45) is -0.846. The Morgan fingerprint density at radius 3 is 2.80 bits per heavy atom. The molecule has 0 radical (unpaired) electrons. The van der Waals surface area contributed by atoms with E-state index in [-0.39, 0.29) is 28.5 Å². The van der Waals surface area contributed by atoms with E-state index in [0.717, 1.165) is 16.8 Å². The van der Waals surface area contributed by atoms with Crippen molar-refractivity contribution in [2.75, 3.05) is 18.2 Å². The van der Waals surface area contributed by atoms with Crippen molar-refractivity contribution < 1.29 is 22.7 Å². The molecule has 0 aliphatic heterocycles. The van der Waals surface area contributed by atoms with Crippen LogP contribution in [0.3, 0.4) is 0 Å². The van der Waals surface area contributed by atoms with Crippen molar-refractivity contribution in [2.45, 2.75) is 6.18 Å². The van der Waals surface area contributed by atoms with Gasteiger partial charge in [-0.3, -0.25) is 9.78 Å². The molecule has 1 amide bonds.